The number of nitrogens with one attached hydrogen (secondary N) is 1. The summed E-state index contributed by atoms with van der Waals surface area (Å²) in [6, 6.07) is 0. The van der Waals surface area contributed by atoms with Crippen LogP contribution in [0, 0.1) is 5.92 Å². The maximum absolute atomic E-state index is 11.6. The molecule has 0 spiro atoms. The summed E-state index contributed by atoms with van der Waals surface area (Å²) < 4.78 is 15.4. The molecule has 0 bridgehead atoms. The molecule has 2 heterocycles. The van der Waals surface area contributed by atoms with E-state index in [0.717, 1.165) is 13.4 Å². The van der Waals surface area contributed by atoms with Gasteiger partial charge in [-0.15, -0.1) is 0 Å². The van der Waals surface area contributed by atoms with Crippen molar-refractivity contribution >= 4 is 12.2 Å². The maximum atomic E-state index is 11.6. The summed E-state index contributed by atoms with van der Waals surface area (Å²) in [5.74, 6) is -0.268. The second-order valence-electron chi connectivity index (χ2n) is 4.46. The second-order valence-corrected chi connectivity index (χ2v) is 4.46. The molecule has 1 amide bonds. The van der Waals surface area contributed by atoms with Crippen molar-refractivity contribution in [2.45, 2.75) is 44.4 Å². The zero-order valence-electron chi connectivity index (χ0n) is 10.5. The van der Waals surface area contributed by atoms with Crippen LogP contribution in [0.25, 0.3) is 0 Å². The van der Waals surface area contributed by atoms with Gasteiger partial charge in [0.1, 0.15) is 5.60 Å². The number of hydrogen-bond donors (Lipinski definition) is 1. The molecule has 0 aromatic rings. The van der Waals surface area contributed by atoms with Gasteiger partial charge < -0.3 is 14.8 Å². The molecule has 2 aliphatic heterocycles. The Morgan fingerprint density at radius 1 is 1.65 bits per heavy atom. The van der Waals surface area contributed by atoms with Crippen LogP contribution in [0.5, 0.6) is 0 Å². The molecule has 0 aliphatic carbocycles. The molecular formula is C11H18FNO4. The Kier molecular flexibility index (Phi) is 3.88. The molecule has 2 fully saturated rings. The predicted octanol–water partition coefficient (Wildman–Crippen LogP) is 0.775. The van der Waals surface area contributed by atoms with Gasteiger partial charge in [-0.3, -0.25) is 4.79 Å². The van der Waals surface area contributed by atoms with Crippen molar-refractivity contribution < 1.29 is 23.8 Å². The second kappa shape index (κ2) is 4.70. The number of carbonyl (C=O) groups excluding carboxylic acids is 2. The minimum atomic E-state index is -0.787. The van der Waals surface area contributed by atoms with Crippen molar-refractivity contribution in [3.63, 3.8) is 0 Å². The first-order valence-corrected chi connectivity index (χ1v) is 5.54. The van der Waals surface area contributed by atoms with Gasteiger partial charge in [0.05, 0.1) is 19.1 Å². The lowest BCUT2D eigenvalue weighted by molar-refractivity contribution is -0.251. The van der Waals surface area contributed by atoms with Crippen LogP contribution in [-0.2, 0) is 19.3 Å². The molecule has 0 aromatic carbocycles. The minimum absolute atomic E-state index is 0.0635. The first kappa shape index (κ1) is 14.1. The molecule has 98 valence electrons. The third-order valence-electron chi connectivity index (χ3n) is 3.79. The van der Waals surface area contributed by atoms with Gasteiger partial charge in [-0.05, 0) is 24.8 Å². The van der Waals surface area contributed by atoms with Gasteiger partial charge in [0.15, 0.2) is 11.8 Å². The number of amides is 1. The van der Waals surface area contributed by atoms with E-state index < -0.39 is 11.1 Å². The monoisotopic (exact) mass is 247 g/mol. The third-order valence-corrected chi connectivity index (χ3v) is 3.79. The average molecular weight is 247 g/mol. The van der Waals surface area contributed by atoms with Gasteiger partial charge in [0.2, 0.25) is 5.91 Å². The third kappa shape index (κ3) is 1.66. The normalized spacial score (nSPS) is 42.8. The molecule has 17 heavy (non-hydrogen) atoms. The van der Waals surface area contributed by atoms with E-state index in [1.54, 1.807) is 0 Å². The lowest BCUT2D eigenvalue weighted by Gasteiger charge is -2.55. The van der Waals surface area contributed by atoms with Crippen molar-refractivity contribution in [3.05, 3.63) is 0 Å². The minimum Gasteiger partial charge on any atom is -0.365 e. The van der Waals surface area contributed by atoms with Gasteiger partial charge in [-0.2, -0.15) is 4.94 Å². The Labute approximate surface area is 99.5 Å². The summed E-state index contributed by atoms with van der Waals surface area (Å²) in [5.41, 5.74) is -1.43. The molecule has 0 radical (unpaired) electrons. The van der Waals surface area contributed by atoms with Crippen LogP contribution < -0.4 is 5.32 Å². The Balaban J connectivity index is 0.000000437. The van der Waals surface area contributed by atoms with Crippen molar-refractivity contribution in [2.75, 3.05) is 7.11 Å². The molecule has 2 rings (SSSR count). The highest BCUT2D eigenvalue weighted by atomic mass is 19.3. The topological polar surface area (TPSA) is 64.6 Å². The number of aldehydes is 1. The number of hydrogen-bond acceptors (Lipinski definition) is 4. The van der Waals surface area contributed by atoms with Crippen LogP contribution in [0.2, 0.25) is 0 Å². The van der Waals surface area contributed by atoms with Crippen molar-refractivity contribution in [1.29, 1.82) is 0 Å². The first-order valence-electron chi connectivity index (χ1n) is 5.54. The molecule has 6 heteroatoms. The number of halogens is 1. The summed E-state index contributed by atoms with van der Waals surface area (Å²) in [7, 11) is 0.958. The van der Waals surface area contributed by atoms with E-state index in [2.05, 4.69) is 10.3 Å². The lowest BCUT2D eigenvalue weighted by atomic mass is 9.68. The SMILES string of the molecule is CCC1C(=O)NC2(C=O)C(C)OC12C.COF. The van der Waals surface area contributed by atoms with E-state index in [-0.39, 0.29) is 17.9 Å². The molecular weight excluding hydrogens is 229 g/mol. The quantitative estimate of drug-likeness (QED) is 0.732. The molecule has 0 saturated carbocycles. The molecule has 4 atom stereocenters. The van der Waals surface area contributed by atoms with E-state index in [9.17, 15) is 14.1 Å². The smallest absolute Gasteiger partial charge is 0.227 e. The number of carbonyl (C=O) groups is 2. The average Bonchev–Trinajstić information content (AvgIpc) is 2.43. The predicted molar refractivity (Wildman–Crippen MR) is 57.8 cm³/mol. The number of ether oxygens (including phenoxy) is 1. The van der Waals surface area contributed by atoms with Gasteiger partial charge in [0.25, 0.3) is 0 Å². The van der Waals surface area contributed by atoms with Crippen LogP contribution in [-0.4, -0.2) is 36.5 Å². The fourth-order valence-corrected chi connectivity index (χ4v) is 2.86. The maximum Gasteiger partial charge on any atom is 0.227 e. The van der Waals surface area contributed by atoms with E-state index in [1.807, 2.05) is 20.8 Å². The summed E-state index contributed by atoms with van der Waals surface area (Å²) >= 11 is 0. The molecule has 1 N–H and O–H groups in total. The van der Waals surface area contributed by atoms with Crippen molar-refractivity contribution in [3.8, 4) is 0 Å². The van der Waals surface area contributed by atoms with E-state index in [0.29, 0.717) is 6.42 Å². The van der Waals surface area contributed by atoms with Crippen molar-refractivity contribution in [2.24, 2.45) is 5.92 Å². The van der Waals surface area contributed by atoms with Crippen LogP contribution >= 0.6 is 0 Å². The molecule has 2 saturated heterocycles. The standard InChI is InChI=1S/C10H15NO3.CH3FO/c1-4-7-8(13)11-10(5-12)6(2)14-9(7,10)3;1-3-2/h5-7H,4H2,1-3H3,(H,11,13);1H3. The van der Waals surface area contributed by atoms with Crippen LogP contribution in [0.4, 0.5) is 4.53 Å². The largest absolute Gasteiger partial charge is 0.365 e. The van der Waals surface area contributed by atoms with Gasteiger partial charge in [0, 0.05) is 0 Å². The molecule has 2 aliphatic rings. The summed E-state index contributed by atoms with van der Waals surface area (Å²) in [5, 5.41) is 2.78. The fraction of sp³-hybridized carbons (Fsp3) is 0.818. The van der Waals surface area contributed by atoms with Crippen molar-refractivity contribution in [1.82, 2.24) is 5.32 Å². The van der Waals surface area contributed by atoms with E-state index >= 15 is 0 Å². The molecule has 5 nitrogen and oxygen atoms in total. The van der Waals surface area contributed by atoms with Gasteiger partial charge in [-0.1, -0.05) is 6.92 Å². The highest BCUT2D eigenvalue weighted by molar-refractivity contribution is 5.92. The summed E-state index contributed by atoms with van der Waals surface area (Å²) in [6.07, 6.45) is 1.31. The van der Waals surface area contributed by atoms with Gasteiger partial charge in [-0.25, -0.2) is 0 Å². The Morgan fingerprint density at radius 2 is 2.18 bits per heavy atom. The van der Waals surface area contributed by atoms with E-state index in [4.69, 9.17) is 4.74 Å². The Hall–Kier alpha value is -1.01. The van der Waals surface area contributed by atoms with Crippen LogP contribution in [0.3, 0.4) is 0 Å². The van der Waals surface area contributed by atoms with Gasteiger partial charge >= 0.3 is 0 Å². The van der Waals surface area contributed by atoms with E-state index in [1.165, 1.54) is 0 Å². The first-order chi connectivity index (χ1) is 7.93. The molecule has 0 aromatic heterocycles. The Bertz CT molecular complexity index is 325. The number of fused-ring (bicyclic) bond motifs is 1. The number of rotatable bonds is 2. The summed E-state index contributed by atoms with van der Waals surface area (Å²) in [6.45, 7) is 5.59. The fourth-order valence-electron chi connectivity index (χ4n) is 2.86. The van der Waals surface area contributed by atoms with Crippen LogP contribution in [0.15, 0.2) is 0 Å². The zero-order valence-corrected chi connectivity index (χ0v) is 10.5. The highest BCUT2D eigenvalue weighted by Gasteiger charge is 2.72. The summed E-state index contributed by atoms with van der Waals surface area (Å²) in [4.78, 5) is 25.5. The van der Waals surface area contributed by atoms with Crippen LogP contribution in [0.1, 0.15) is 27.2 Å². The lowest BCUT2D eigenvalue weighted by Crippen LogP contribution is -2.76. The zero-order chi connectivity index (χ0) is 13.3. The Morgan fingerprint density at radius 3 is 2.47 bits per heavy atom. The molecule has 4 unspecified atom stereocenters. The highest BCUT2D eigenvalue weighted by Crippen LogP contribution is 2.51.